The first-order valence-corrected chi connectivity index (χ1v) is 18.6. The summed E-state index contributed by atoms with van der Waals surface area (Å²) in [6, 6.07) is 66.5. The topological polar surface area (TPSA) is 39.4 Å². The average Bonchev–Trinajstić information content (AvgIpc) is 3.98. The normalized spacial score (nSPS) is 12.0. The summed E-state index contributed by atoms with van der Waals surface area (Å²) in [7, 11) is 0. The molecule has 4 aromatic heterocycles. The highest BCUT2D eigenvalue weighted by molar-refractivity contribution is 6.22. The lowest BCUT2D eigenvalue weighted by molar-refractivity contribution is 0.669. The van der Waals surface area contributed by atoms with E-state index in [0.717, 1.165) is 83.5 Å². The largest absolute Gasteiger partial charge is 0.456 e. The maximum Gasteiger partial charge on any atom is 0.137 e. The maximum absolute atomic E-state index is 6.44. The lowest BCUT2D eigenvalue weighted by Gasteiger charge is -2.26. The Balaban J connectivity index is 1.12. The van der Waals surface area contributed by atoms with Crippen LogP contribution in [-0.2, 0) is 0 Å². The molecule has 5 nitrogen and oxygen atoms in total. The van der Waals surface area contributed by atoms with E-state index in [-0.39, 0.29) is 0 Å². The van der Waals surface area contributed by atoms with Crippen LogP contribution in [0.4, 0.5) is 17.1 Å². The molecule has 4 heterocycles. The fourth-order valence-electron chi connectivity index (χ4n) is 8.72. The van der Waals surface area contributed by atoms with Crippen LogP contribution < -0.4 is 4.90 Å². The Kier molecular flexibility index (Phi) is 6.27. The molecule has 0 aliphatic heterocycles. The Hall–Kier alpha value is -7.50. The van der Waals surface area contributed by atoms with E-state index in [2.05, 4.69) is 178 Å². The molecule has 0 aliphatic carbocycles. The summed E-state index contributed by atoms with van der Waals surface area (Å²) >= 11 is 0. The van der Waals surface area contributed by atoms with Crippen LogP contribution >= 0.6 is 0 Å². The first-order valence-electron chi connectivity index (χ1n) is 18.6. The van der Waals surface area contributed by atoms with Gasteiger partial charge in [-0.15, -0.1) is 0 Å². The van der Waals surface area contributed by atoms with Crippen molar-refractivity contribution in [2.24, 2.45) is 0 Å². The fraction of sp³-hybridized carbons (Fsp3) is 0. The second-order valence-electron chi connectivity index (χ2n) is 14.2. The van der Waals surface area contributed by atoms with Crippen LogP contribution in [0.3, 0.4) is 0 Å². The fourth-order valence-corrected chi connectivity index (χ4v) is 8.72. The summed E-state index contributed by atoms with van der Waals surface area (Å²) in [5, 5.41) is 8.09. The molecule has 12 rings (SSSR count). The van der Waals surface area contributed by atoms with E-state index in [9.17, 15) is 0 Å². The quantitative estimate of drug-likeness (QED) is 0.179. The van der Waals surface area contributed by atoms with Gasteiger partial charge in [0.2, 0.25) is 0 Å². The minimum absolute atomic E-state index is 0.843. The maximum atomic E-state index is 6.44. The van der Waals surface area contributed by atoms with Crippen molar-refractivity contribution in [1.82, 2.24) is 9.13 Å². The predicted octanol–water partition coefficient (Wildman–Crippen LogP) is 14.0. The van der Waals surface area contributed by atoms with Gasteiger partial charge in [-0.3, -0.25) is 9.13 Å². The molecule has 0 saturated heterocycles. The van der Waals surface area contributed by atoms with Crippen LogP contribution in [0.1, 0.15) is 0 Å². The van der Waals surface area contributed by atoms with Gasteiger partial charge in [0, 0.05) is 78.3 Å². The Morgan fingerprint density at radius 3 is 1.38 bits per heavy atom. The number of rotatable bonds is 5. The third kappa shape index (κ3) is 4.41. The third-order valence-corrected chi connectivity index (χ3v) is 11.1. The van der Waals surface area contributed by atoms with E-state index in [4.69, 9.17) is 8.83 Å². The molecule has 5 heteroatoms. The van der Waals surface area contributed by atoms with Gasteiger partial charge in [0.1, 0.15) is 28.0 Å². The van der Waals surface area contributed by atoms with E-state index in [0.29, 0.717) is 0 Å². The molecule has 0 saturated carbocycles. The monoisotopic (exact) mass is 705 g/mol. The van der Waals surface area contributed by atoms with Crippen molar-refractivity contribution in [3.63, 3.8) is 0 Å². The standard InChI is InChI=1S/C50H31N3O2/c1-2-13-32(14-3-1)52-43-21-8-4-19-41(43)49-42-20-5-9-22-44(42)53(50(49)52)34-16-12-15-33(29-34)51(35-25-27-39-37-17-6-10-23-45(37)54-47(39)30-35)36-26-28-40-38-18-7-11-24-46(38)55-48(40)31-36/h1-31H. The second-order valence-corrected chi connectivity index (χ2v) is 14.2. The number of aromatic nitrogens is 2. The molecule has 0 aliphatic rings. The van der Waals surface area contributed by atoms with Gasteiger partial charge >= 0.3 is 0 Å². The Morgan fingerprint density at radius 2 is 0.782 bits per heavy atom. The van der Waals surface area contributed by atoms with Crippen molar-refractivity contribution in [2.45, 2.75) is 0 Å². The van der Waals surface area contributed by atoms with Crippen molar-refractivity contribution in [2.75, 3.05) is 4.90 Å². The summed E-state index contributed by atoms with van der Waals surface area (Å²) in [5.41, 5.74) is 12.1. The van der Waals surface area contributed by atoms with Gasteiger partial charge < -0.3 is 13.7 Å². The van der Waals surface area contributed by atoms with Crippen molar-refractivity contribution >= 4 is 93.8 Å². The van der Waals surface area contributed by atoms with E-state index >= 15 is 0 Å². The molecule has 0 unspecified atom stereocenters. The molecule has 55 heavy (non-hydrogen) atoms. The Bertz CT molecular complexity index is 3340. The SMILES string of the molecule is c1ccc(-n2c3ccccc3c3c4ccccc4n(-c4cccc(N(c5ccc6c(c5)oc5ccccc56)c5ccc6c(c5)oc5ccccc56)c4)c32)cc1. The molecule has 0 fully saturated rings. The van der Waals surface area contributed by atoms with Crippen LogP contribution in [0.15, 0.2) is 197 Å². The molecule has 12 aromatic rings. The molecular weight excluding hydrogens is 675 g/mol. The zero-order chi connectivity index (χ0) is 36.0. The van der Waals surface area contributed by atoms with Gasteiger partial charge in [-0.1, -0.05) is 97.1 Å². The summed E-state index contributed by atoms with van der Waals surface area (Å²) in [6.07, 6.45) is 0. The van der Waals surface area contributed by atoms with Crippen molar-refractivity contribution < 1.29 is 8.83 Å². The number of fused-ring (bicyclic) bond motifs is 11. The molecule has 0 amide bonds. The van der Waals surface area contributed by atoms with Crippen LogP contribution in [0.25, 0.3) is 88.1 Å². The van der Waals surface area contributed by atoms with Crippen molar-refractivity contribution in [3.8, 4) is 11.4 Å². The second kappa shape index (κ2) is 11.5. The highest BCUT2D eigenvalue weighted by Gasteiger charge is 2.23. The number of hydrogen-bond acceptors (Lipinski definition) is 3. The molecular formula is C50H31N3O2. The Morgan fingerprint density at radius 1 is 0.327 bits per heavy atom. The Labute approximate surface area is 315 Å². The van der Waals surface area contributed by atoms with Gasteiger partial charge in [0.15, 0.2) is 0 Å². The van der Waals surface area contributed by atoms with Crippen LogP contribution in [0.5, 0.6) is 0 Å². The van der Waals surface area contributed by atoms with Gasteiger partial charge in [0.25, 0.3) is 0 Å². The zero-order valence-electron chi connectivity index (χ0n) is 29.6. The van der Waals surface area contributed by atoms with Crippen LogP contribution in [-0.4, -0.2) is 9.13 Å². The molecule has 0 atom stereocenters. The first kappa shape index (κ1) is 30.0. The smallest absolute Gasteiger partial charge is 0.137 e. The molecule has 0 N–H and O–H groups in total. The summed E-state index contributed by atoms with van der Waals surface area (Å²) < 4.78 is 17.7. The summed E-state index contributed by atoms with van der Waals surface area (Å²) in [6.45, 7) is 0. The molecule has 0 spiro atoms. The van der Waals surface area contributed by atoms with E-state index in [1.165, 1.54) is 21.7 Å². The van der Waals surface area contributed by atoms with Crippen molar-refractivity contribution in [1.29, 1.82) is 0 Å². The molecule has 8 aromatic carbocycles. The number of hydrogen-bond donors (Lipinski definition) is 0. The zero-order valence-corrected chi connectivity index (χ0v) is 29.6. The van der Waals surface area contributed by atoms with Crippen LogP contribution in [0, 0.1) is 0 Å². The molecule has 0 bridgehead atoms. The van der Waals surface area contributed by atoms with Crippen LogP contribution in [0.2, 0.25) is 0 Å². The lowest BCUT2D eigenvalue weighted by Crippen LogP contribution is -2.10. The lowest BCUT2D eigenvalue weighted by atomic mass is 10.1. The number of furan rings is 2. The third-order valence-electron chi connectivity index (χ3n) is 11.1. The van der Waals surface area contributed by atoms with Gasteiger partial charge in [-0.25, -0.2) is 0 Å². The predicted molar refractivity (Wildman–Crippen MR) is 227 cm³/mol. The number of benzene rings is 8. The van der Waals surface area contributed by atoms with E-state index < -0.39 is 0 Å². The number of anilines is 3. The highest BCUT2D eigenvalue weighted by Crippen LogP contribution is 2.44. The first-order chi connectivity index (χ1) is 27.3. The van der Waals surface area contributed by atoms with Crippen molar-refractivity contribution in [3.05, 3.63) is 188 Å². The summed E-state index contributed by atoms with van der Waals surface area (Å²) in [4.78, 5) is 2.30. The highest BCUT2D eigenvalue weighted by atomic mass is 16.3. The van der Waals surface area contributed by atoms with E-state index in [1.54, 1.807) is 0 Å². The number of para-hydroxylation sites is 5. The van der Waals surface area contributed by atoms with Gasteiger partial charge in [0.05, 0.1) is 11.0 Å². The van der Waals surface area contributed by atoms with E-state index in [1.807, 2.05) is 24.3 Å². The molecule has 0 radical (unpaired) electrons. The summed E-state index contributed by atoms with van der Waals surface area (Å²) in [5.74, 6) is 0. The minimum atomic E-state index is 0.843. The number of nitrogens with zero attached hydrogens (tertiary/aromatic N) is 3. The average molecular weight is 706 g/mol. The molecule has 258 valence electrons. The minimum Gasteiger partial charge on any atom is -0.456 e. The van der Waals surface area contributed by atoms with Gasteiger partial charge in [-0.2, -0.15) is 0 Å². The van der Waals surface area contributed by atoms with Gasteiger partial charge in [-0.05, 0) is 78.9 Å².